The Kier molecular flexibility index (Phi) is 9.73. The zero-order valence-electron chi connectivity index (χ0n) is 10.7. The van der Waals surface area contributed by atoms with Gasteiger partial charge >= 0.3 is 8.80 Å². The van der Waals surface area contributed by atoms with E-state index in [4.69, 9.17) is 13.3 Å². The summed E-state index contributed by atoms with van der Waals surface area (Å²) in [6.07, 6.45) is 1.20. The highest BCUT2D eigenvalue weighted by Crippen LogP contribution is 2.19. The summed E-state index contributed by atoms with van der Waals surface area (Å²) in [6.45, 7) is 10.4. The van der Waals surface area contributed by atoms with Crippen molar-refractivity contribution in [3.05, 3.63) is 0 Å². The summed E-state index contributed by atoms with van der Waals surface area (Å²) < 4.78 is 17.3. The molecule has 0 heterocycles. The molecule has 0 aliphatic heterocycles. The lowest BCUT2D eigenvalue weighted by atomic mass is 10.6. The van der Waals surface area contributed by atoms with Gasteiger partial charge in [-0.1, -0.05) is 19.0 Å². The predicted molar refractivity (Wildman–Crippen MR) is 69.3 cm³/mol. The predicted octanol–water partition coefficient (Wildman–Crippen LogP) is 2.06. The summed E-state index contributed by atoms with van der Waals surface area (Å²) in [4.78, 5) is 0. The smallest absolute Gasteiger partial charge is 0.374 e. The fourth-order valence-corrected chi connectivity index (χ4v) is 5.53. The van der Waals surface area contributed by atoms with Gasteiger partial charge in [-0.05, 0) is 20.8 Å². The van der Waals surface area contributed by atoms with E-state index in [1.54, 1.807) is 0 Å². The summed E-state index contributed by atoms with van der Waals surface area (Å²) in [5.74, 6) is 0. The van der Waals surface area contributed by atoms with Crippen LogP contribution in [0.25, 0.3) is 0 Å². The first-order chi connectivity index (χ1) is 7.24. The standard InChI is InChI=1S/C10H26O3Si2/c1-5-11-15(12-6-2,13-7-3)10-8-9-14-4/h5-10,14H2,1-4H3. The summed E-state index contributed by atoms with van der Waals surface area (Å²) in [5.41, 5.74) is 0. The lowest BCUT2D eigenvalue weighted by Crippen LogP contribution is -2.45. The maximum Gasteiger partial charge on any atom is 0.500 e. The first kappa shape index (κ1) is 15.3. The van der Waals surface area contributed by atoms with Gasteiger partial charge in [0.15, 0.2) is 0 Å². The second kappa shape index (κ2) is 9.53. The second-order valence-corrected chi connectivity index (χ2v) is 7.88. The van der Waals surface area contributed by atoms with Gasteiger partial charge in [0.2, 0.25) is 0 Å². The van der Waals surface area contributed by atoms with Crippen LogP contribution in [0.15, 0.2) is 0 Å². The van der Waals surface area contributed by atoms with Crippen molar-refractivity contribution in [2.24, 2.45) is 0 Å². The number of hydrogen-bond donors (Lipinski definition) is 0. The number of rotatable bonds is 10. The van der Waals surface area contributed by atoms with E-state index in [1.165, 1.54) is 12.5 Å². The minimum Gasteiger partial charge on any atom is -0.374 e. The molecule has 5 heteroatoms. The molecule has 0 aromatic carbocycles. The van der Waals surface area contributed by atoms with Crippen molar-refractivity contribution in [2.75, 3.05) is 19.8 Å². The molecule has 0 unspecified atom stereocenters. The van der Waals surface area contributed by atoms with Crippen LogP contribution in [0.4, 0.5) is 0 Å². The first-order valence-corrected chi connectivity index (χ1v) is 10.5. The molecule has 0 aliphatic carbocycles. The van der Waals surface area contributed by atoms with E-state index in [2.05, 4.69) is 6.55 Å². The molecule has 0 bridgehead atoms. The zero-order chi connectivity index (χ0) is 11.6. The van der Waals surface area contributed by atoms with Crippen LogP contribution in [0.1, 0.15) is 27.2 Å². The fourth-order valence-electron chi connectivity index (χ4n) is 1.59. The van der Waals surface area contributed by atoms with Crippen molar-refractivity contribution in [1.82, 2.24) is 0 Å². The summed E-state index contributed by atoms with van der Waals surface area (Å²) >= 11 is 0. The summed E-state index contributed by atoms with van der Waals surface area (Å²) in [7, 11) is -2.15. The third-order valence-corrected chi connectivity index (χ3v) is 6.54. The van der Waals surface area contributed by atoms with Crippen LogP contribution in [-0.2, 0) is 13.3 Å². The Hall–Kier alpha value is 0.314. The largest absolute Gasteiger partial charge is 0.500 e. The lowest BCUT2D eigenvalue weighted by Gasteiger charge is -2.28. The van der Waals surface area contributed by atoms with Gasteiger partial charge < -0.3 is 13.3 Å². The van der Waals surface area contributed by atoms with Gasteiger partial charge in [0.25, 0.3) is 0 Å². The van der Waals surface area contributed by atoms with Crippen LogP contribution in [-0.4, -0.2) is 38.1 Å². The normalized spacial score (nSPS) is 12.8. The van der Waals surface area contributed by atoms with Crippen molar-refractivity contribution in [2.45, 2.75) is 45.8 Å². The molecule has 0 spiro atoms. The van der Waals surface area contributed by atoms with E-state index < -0.39 is 8.80 Å². The minimum atomic E-state index is -2.31. The van der Waals surface area contributed by atoms with Crippen molar-refractivity contribution in [1.29, 1.82) is 0 Å². The third-order valence-electron chi connectivity index (χ3n) is 2.18. The van der Waals surface area contributed by atoms with Crippen molar-refractivity contribution < 1.29 is 13.3 Å². The maximum absolute atomic E-state index is 5.77. The average molecular weight is 250 g/mol. The van der Waals surface area contributed by atoms with Gasteiger partial charge in [-0.3, -0.25) is 0 Å². The van der Waals surface area contributed by atoms with Crippen molar-refractivity contribution >= 4 is 18.3 Å². The van der Waals surface area contributed by atoms with Gasteiger partial charge in [0.05, 0.1) is 0 Å². The molecule has 0 saturated carbocycles. The van der Waals surface area contributed by atoms with Crippen LogP contribution in [0.5, 0.6) is 0 Å². The van der Waals surface area contributed by atoms with E-state index in [-0.39, 0.29) is 9.52 Å². The lowest BCUT2D eigenvalue weighted by molar-refractivity contribution is 0.0711. The highest BCUT2D eigenvalue weighted by atomic mass is 28.4. The molecule has 3 nitrogen and oxygen atoms in total. The van der Waals surface area contributed by atoms with Crippen LogP contribution in [0.3, 0.4) is 0 Å². The minimum absolute atomic E-state index is 0.159. The van der Waals surface area contributed by atoms with Gasteiger partial charge in [0, 0.05) is 35.4 Å². The van der Waals surface area contributed by atoms with E-state index >= 15 is 0 Å². The molecule has 0 fully saturated rings. The first-order valence-electron chi connectivity index (χ1n) is 6.16. The molecule has 0 aromatic heterocycles. The van der Waals surface area contributed by atoms with Gasteiger partial charge in [-0.2, -0.15) is 0 Å². The molecule has 92 valence electrons. The Bertz CT molecular complexity index is 128. The molecule has 0 aliphatic rings. The highest BCUT2D eigenvalue weighted by Gasteiger charge is 2.39. The van der Waals surface area contributed by atoms with Crippen molar-refractivity contribution in [3.8, 4) is 0 Å². The van der Waals surface area contributed by atoms with Crippen LogP contribution >= 0.6 is 0 Å². The van der Waals surface area contributed by atoms with Crippen LogP contribution in [0, 0.1) is 0 Å². The number of hydrogen-bond acceptors (Lipinski definition) is 3. The highest BCUT2D eigenvalue weighted by molar-refractivity contribution is 6.60. The van der Waals surface area contributed by atoms with Crippen LogP contribution in [0.2, 0.25) is 18.6 Å². The summed E-state index contributed by atoms with van der Waals surface area (Å²) in [5, 5.41) is 0. The molecule has 0 amide bonds. The Balaban J connectivity index is 4.18. The zero-order valence-corrected chi connectivity index (χ0v) is 13.1. The Morgan fingerprint density at radius 3 is 1.73 bits per heavy atom. The molecule has 0 radical (unpaired) electrons. The Morgan fingerprint density at radius 2 is 1.40 bits per heavy atom. The molecule has 0 saturated heterocycles. The van der Waals surface area contributed by atoms with Gasteiger partial charge in [-0.15, -0.1) is 0 Å². The maximum atomic E-state index is 5.77. The third kappa shape index (κ3) is 6.47. The van der Waals surface area contributed by atoms with E-state index in [0.717, 1.165) is 6.04 Å². The molecule has 0 atom stereocenters. The Morgan fingerprint density at radius 1 is 0.933 bits per heavy atom. The van der Waals surface area contributed by atoms with Crippen LogP contribution < -0.4 is 0 Å². The molecular formula is C10H26O3Si2. The average Bonchev–Trinajstić information content (AvgIpc) is 2.19. The molecule has 0 N–H and O–H groups in total. The summed E-state index contributed by atoms with van der Waals surface area (Å²) in [6, 6.07) is 2.35. The molecule has 15 heavy (non-hydrogen) atoms. The second-order valence-electron chi connectivity index (χ2n) is 3.44. The van der Waals surface area contributed by atoms with Gasteiger partial charge in [-0.25, -0.2) is 0 Å². The van der Waals surface area contributed by atoms with E-state index in [0.29, 0.717) is 19.8 Å². The van der Waals surface area contributed by atoms with Gasteiger partial charge in [0.1, 0.15) is 0 Å². The SMILES string of the molecule is CCO[Si](CCC[SiH2]C)(OCC)OCC. The van der Waals surface area contributed by atoms with E-state index in [9.17, 15) is 0 Å². The Labute approximate surface area is 97.7 Å². The molecule has 0 aromatic rings. The van der Waals surface area contributed by atoms with Crippen molar-refractivity contribution in [3.63, 3.8) is 0 Å². The quantitative estimate of drug-likeness (QED) is 0.439. The monoisotopic (exact) mass is 250 g/mol. The fraction of sp³-hybridized carbons (Fsp3) is 1.00. The van der Waals surface area contributed by atoms with E-state index in [1.807, 2.05) is 20.8 Å². The molecular weight excluding hydrogens is 224 g/mol. The molecule has 0 rings (SSSR count). The topological polar surface area (TPSA) is 27.7 Å².